The Kier molecular flexibility index (Phi) is 6.12. The number of anilines is 1. The van der Waals surface area contributed by atoms with Gasteiger partial charge in [-0.3, -0.25) is 4.79 Å². The summed E-state index contributed by atoms with van der Waals surface area (Å²) >= 11 is 0. The fourth-order valence-electron chi connectivity index (χ4n) is 3.33. The summed E-state index contributed by atoms with van der Waals surface area (Å²) in [7, 11) is -3.58. The maximum atomic E-state index is 12.8. The van der Waals surface area contributed by atoms with Crippen molar-refractivity contribution in [1.29, 1.82) is 0 Å². The first-order valence-corrected chi connectivity index (χ1v) is 11.4. The summed E-state index contributed by atoms with van der Waals surface area (Å²) in [4.78, 5) is 17.0. The number of pyridine rings is 1. The monoisotopic (exact) mass is 431 g/mol. The molecule has 1 aromatic heterocycles. The smallest absolute Gasteiger partial charge is 0.255 e. The summed E-state index contributed by atoms with van der Waals surface area (Å²) in [5.41, 5.74) is 2.25. The average molecular weight is 432 g/mol. The molecule has 2 heterocycles. The van der Waals surface area contributed by atoms with Gasteiger partial charge in [0.05, 0.1) is 4.90 Å². The lowest BCUT2D eigenvalue weighted by Gasteiger charge is -2.16. The molecule has 1 aliphatic heterocycles. The third-order valence-corrected chi connectivity index (χ3v) is 6.81. The fourth-order valence-corrected chi connectivity index (χ4v) is 4.89. The molecule has 1 amide bonds. The summed E-state index contributed by atoms with van der Waals surface area (Å²) in [6, 6.07) is 18.8. The maximum Gasteiger partial charge on any atom is 0.255 e. The number of nitrogens with zero attached hydrogens (tertiary/aromatic N) is 2. The van der Waals surface area contributed by atoms with Crippen LogP contribution >= 0.6 is 0 Å². The van der Waals surface area contributed by atoms with Gasteiger partial charge < -0.3 is 5.32 Å². The van der Waals surface area contributed by atoms with Gasteiger partial charge in [0.25, 0.3) is 5.91 Å². The molecule has 7 heteroatoms. The van der Waals surface area contributed by atoms with Crippen LogP contribution < -0.4 is 5.32 Å². The number of sulfonamides is 1. The van der Waals surface area contributed by atoms with E-state index in [1.807, 2.05) is 24.3 Å². The highest BCUT2D eigenvalue weighted by Gasteiger charge is 2.27. The predicted molar refractivity (Wildman–Crippen MR) is 119 cm³/mol. The molecule has 1 N–H and O–H groups in total. The molecule has 2 aromatic carbocycles. The third kappa shape index (κ3) is 5.00. The van der Waals surface area contributed by atoms with Gasteiger partial charge in [-0.25, -0.2) is 13.4 Å². The van der Waals surface area contributed by atoms with Gasteiger partial charge in [0.15, 0.2) is 0 Å². The minimum Gasteiger partial charge on any atom is -0.322 e. The minimum atomic E-state index is -3.58. The number of hydrogen-bond acceptors (Lipinski definition) is 4. The first kappa shape index (κ1) is 20.8. The van der Waals surface area contributed by atoms with Crippen LogP contribution in [-0.4, -0.2) is 36.7 Å². The van der Waals surface area contributed by atoms with E-state index in [4.69, 9.17) is 0 Å². The zero-order valence-electron chi connectivity index (χ0n) is 16.8. The number of aromatic nitrogens is 1. The highest BCUT2D eigenvalue weighted by Crippen LogP contribution is 2.22. The van der Waals surface area contributed by atoms with Crippen LogP contribution in [0.3, 0.4) is 0 Å². The second-order valence-corrected chi connectivity index (χ2v) is 9.08. The number of rotatable bonds is 4. The molecule has 0 unspecified atom stereocenters. The summed E-state index contributed by atoms with van der Waals surface area (Å²) in [6.07, 6.45) is 3.40. The van der Waals surface area contributed by atoms with Gasteiger partial charge in [-0.1, -0.05) is 24.1 Å². The Balaban J connectivity index is 1.51. The van der Waals surface area contributed by atoms with Crippen molar-refractivity contribution in [1.82, 2.24) is 9.29 Å². The van der Waals surface area contributed by atoms with E-state index in [1.54, 1.807) is 36.5 Å². The number of nitrogens with one attached hydrogen (secondary N) is 1. The van der Waals surface area contributed by atoms with Crippen LogP contribution in [0.4, 0.5) is 5.69 Å². The van der Waals surface area contributed by atoms with Crippen LogP contribution in [-0.2, 0) is 10.0 Å². The van der Waals surface area contributed by atoms with Crippen molar-refractivity contribution in [3.8, 4) is 11.8 Å². The number of carbonyl (C=O) groups excluding carboxylic acids is 1. The van der Waals surface area contributed by atoms with E-state index in [0.29, 0.717) is 24.5 Å². The standard InChI is InChI=1S/C24H21N3O3S/c28-24(20-8-6-11-23(18-20)31(29,30)27-15-3-4-16-27)26-22-10-5-7-19(17-22)12-13-21-9-1-2-14-25-21/h1-2,5-11,14,17-18H,3-4,15-16H2,(H,26,28). The van der Waals surface area contributed by atoms with Crippen molar-refractivity contribution in [2.45, 2.75) is 17.7 Å². The van der Waals surface area contributed by atoms with Crippen molar-refractivity contribution >= 4 is 21.6 Å². The highest BCUT2D eigenvalue weighted by molar-refractivity contribution is 7.89. The molecule has 0 spiro atoms. The second-order valence-electron chi connectivity index (χ2n) is 7.14. The largest absolute Gasteiger partial charge is 0.322 e. The second kappa shape index (κ2) is 9.13. The summed E-state index contributed by atoms with van der Waals surface area (Å²) in [5, 5.41) is 2.81. The first-order valence-electron chi connectivity index (χ1n) is 9.97. The molecule has 0 aliphatic carbocycles. The fraction of sp³-hybridized carbons (Fsp3) is 0.167. The van der Waals surface area contributed by atoms with Gasteiger partial charge >= 0.3 is 0 Å². The van der Waals surface area contributed by atoms with Gasteiger partial charge in [-0.15, -0.1) is 0 Å². The van der Waals surface area contributed by atoms with E-state index in [0.717, 1.165) is 18.4 Å². The third-order valence-electron chi connectivity index (χ3n) is 4.92. The quantitative estimate of drug-likeness (QED) is 0.641. The number of amides is 1. The lowest BCUT2D eigenvalue weighted by Crippen LogP contribution is -2.28. The van der Waals surface area contributed by atoms with Crippen molar-refractivity contribution < 1.29 is 13.2 Å². The lowest BCUT2D eigenvalue weighted by molar-refractivity contribution is 0.102. The molecule has 3 aromatic rings. The van der Waals surface area contributed by atoms with E-state index in [2.05, 4.69) is 22.1 Å². The summed E-state index contributed by atoms with van der Waals surface area (Å²) < 4.78 is 27.0. The van der Waals surface area contributed by atoms with Crippen LogP contribution in [0, 0.1) is 11.8 Å². The molecule has 156 valence electrons. The van der Waals surface area contributed by atoms with Crippen LogP contribution in [0.5, 0.6) is 0 Å². The van der Waals surface area contributed by atoms with E-state index in [-0.39, 0.29) is 16.4 Å². The Bertz CT molecular complexity index is 1260. The van der Waals surface area contributed by atoms with E-state index >= 15 is 0 Å². The average Bonchev–Trinajstić information content (AvgIpc) is 3.35. The Hall–Kier alpha value is -3.47. The minimum absolute atomic E-state index is 0.136. The molecule has 6 nitrogen and oxygen atoms in total. The Morgan fingerprint density at radius 2 is 1.74 bits per heavy atom. The number of carbonyl (C=O) groups is 1. The van der Waals surface area contributed by atoms with Gasteiger partial charge in [-0.05, 0) is 67.3 Å². The maximum absolute atomic E-state index is 12.8. The zero-order chi connectivity index (χ0) is 21.7. The van der Waals surface area contributed by atoms with Crippen molar-refractivity contribution in [3.05, 3.63) is 89.7 Å². The molecular weight excluding hydrogens is 410 g/mol. The Morgan fingerprint density at radius 3 is 2.52 bits per heavy atom. The molecule has 0 bridgehead atoms. The molecule has 1 saturated heterocycles. The predicted octanol–water partition coefficient (Wildman–Crippen LogP) is 3.52. The molecule has 0 saturated carbocycles. The SMILES string of the molecule is O=C(Nc1cccc(C#Cc2ccccn2)c1)c1cccc(S(=O)(=O)N2CCCC2)c1. The van der Waals surface area contributed by atoms with Crippen molar-refractivity contribution in [3.63, 3.8) is 0 Å². The molecule has 4 rings (SSSR count). The van der Waals surface area contributed by atoms with E-state index in [9.17, 15) is 13.2 Å². The van der Waals surface area contributed by atoms with Crippen molar-refractivity contribution in [2.75, 3.05) is 18.4 Å². The molecule has 0 radical (unpaired) electrons. The van der Waals surface area contributed by atoms with Crippen LogP contribution in [0.2, 0.25) is 0 Å². The van der Waals surface area contributed by atoms with Crippen LogP contribution in [0.15, 0.2) is 77.8 Å². The Labute approximate surface area is 182 Å². The Morgan fingerprint density at radius 1 is 0.935 bits per heavy atom. The van der Waals surface area contributed by atoms with Crippen LogP contribution in [0.25, 0.3) is 0 Å². The molecular formula is C24H21N3O3S. The molecule has 1 fully saturated rings. The molecule has 1 aliphatic rings. The zero-order valence-corrected chi connectivity index (χ0v) is 17.6. The van der Waals surface area contributed by atoms with E-state index < -0.39 is 10.0 Å². The summed E-state index contributed by atoms with van der Waals surface area (Å²) in [5.74, 6) is 5.62. The lowest BCUT2D eigenvalue weighted by atomic mass is 10.1. The number of benzene rings is 2. The first-order chi connectivity index (χ1) is 15.0. The normalized spacial score (nSPS) is 13.9. The number of hydrogen-bond donors (Lipinski definition) is 1. The van der Waals surface area contributed by atoms with Crippen LogP contribution in [0.1, 0.15) is 34.5 Å². The van der Waals surface area contributed by atoms with Gasteiger partial charge in [0.2, 0.25) is 10.0 Å². The topological polar surface area (TPSA) is 79.4 Å². The van der Waals surface area contributed by atoms with Crippen molar-refractivity contribution in [2.24, 2.45) is 0 Å². The van der Waals surface area contributed by atoms with Gasteiger partial charge in [0, 0.05) is 36.1 Å². The van der Waals surface area contributed by atoms with Gasteiger partial charge in [0.1, 0.15) is 5.69 Å². The molecule has 0 atom stereocenters. The summed E-state index contributed by atoms with van der Waals surface area (Å²) in [6.45, 7) is 1.04. The highest BCUT2D eigenvalue weighted by atomic mass is 32.2. The van der Waals surface area contributed by atoms with Gasteiger partial charge in [-0.2, -0.15) is 4.31 Å². The van der Waals surface area contributed by atoms with E-state index in [1.165, 1.54) is 16.4 Å². The molecule has 31 heavy (non-hydrogen) atoms.